The molecule has 0 N–H and O–H groups in total. The first-order valence-electron chi connectivity index (χ1n) is 10.7. The molecular formula is C22H28N2O6S2. The van der Waals surface area contributed by atoms with Crippen molar-refractivity contribution in [3.8, 4) is 5.75 Å². The highest BCUT2D eigenvalue weighted by molar-refractivity contribution is 7.89. The Kier molecular flexibility index (Phi) is 7.47. The molecular weight excluding hydrogens is 452 g/mol. The van der Waals surface area contributed by atoms with Crippen LogP contribution in [0, 0.1) is 0 Å². The first-order chi connectivity index (χ1) is 15.5. The van der Waals surface area contributed by atoms with Crippen LogP contribution in [0.4, 0.5) is 0 Å². The molecule has 174 valence electrons. The summed E-state index contributed by atoms with van der Waals surface area (Å²) in [6, 6.07) is 8.41. The molecule has 0 spiro atoms. The number of carbonyl (C=O) groups excluding carboxylic acids is 1. The molecule has 0 bridgehead atoms. The second-order valence-corrected chi connectivity index (χ2v) is 10.7. The molecule has 2 saturated heterocycles. The van der Waals surface area contributed by atoms with Crippen molar-refractivity contribution in [1.82, 2.24) is 9.21 Å². The van der Waals surface area contributed by atoms with Gasteiger partial charge in [-0.25, -0.2) is 8.42 Å². The highest BCUT2D eigenvalue weighted by atomic mass is 32.2. The lowest BCUT2D eigenvalue weighted by atomic mass is 10.1. The van der Waals surface area contributed by atoms with E-state index >= 15 is 0 Å². The molecule has 1 unspecified atom stereocenters. The quantitative estimate of drug-likeness (QED) is 0.577. The molecule has 10 heteroatoms. The number of ether oxygens (including phenoxy) is 3. The van der Waals surface area contributed by atoms with E-state index in [0.29, 0.717) is 51.7 Å². The monoisotopic (exact) mass is 480 g/mol. The molecule has 1 aromatic carbocycles. The molecule has 2 aliphatic rings. The molecule has 4 rings (SSSR count). The minimum Gasteiger partial charge on any atom is -0.496 e. The third-order valence-corrected chi connectivity index (χ3v) is 8.43. The topological polar surface area (TPSA) is 85.4 Å². The molecule has 0 radical (unpaired) electrons. The second kappa shape index (κ2) is 10.3. The molecule has 2 fully saturated rings. The predicted molar refractivity (Wildman–Crippen MR) is 121 cm³/mol. The van der Waals surface area contributed by atoms with Crippen molar-refractivity contribution in [1.29, 1.82) is 0 Å². The zero-order valence-electron chi connectivity index (χ0n) is 18.1. The molecule has 8 nitrogen and oxygen atoms in total. The van der Waals surface area contributed by atoms with E-state index in [2.05, 4.69) is 0 Å². The lowest BCUT2D eigenvalue weighted by Gasteiger charge is -2.27. The van der Waals surface area contributed by atoms with Crippen LogP contribution in [0.1, 0.15) is 28.1 Å². The minimum atomic E-state index is -3.74. The summed E-state index contributed by atoms with van der Waals surface area (Å²) in [5, 5.41) is 1.97. The average Bonchev–Trinajstić information content (AvgIpc) is 3.53. The van der Waals surface area contributed by atoms with E-state index in [-0.39, 0.29) is 22.5 Å². The number of carbonyl (C=O) groups is 1. The molecule has 3 heterocycles. The fourth-order valence-electron chi connectivity index (χ4n) is 3.97. The van der Waals surface area contributed by atoms with Gasteiger partial charge in [-0.2, -0.15) is 4.31 Å². The molecule has 1 amide bonds. The maximum Gasteiger partial charge on any atom is 0.258 e. The number of thiophene rings is 1. The largest absolute Gasteiger partial charge is 0.496 e. The molecule has 2 aliphatic heterocycles. The lowest BCUT2D eigenvalue weighted by molar-refractivity contribution is 0.0507. The second-order valence-electron chi connectivity index (χ2n) is 7.78. The van der Waals surface area contributed by atoms with Gasteiger partial charge in [0, 0.05) is 31.1 Å². The molecule has 1 aromatic heterocycles. The molecule has 1 atom stereocenters. The van der Waals surface area contributed by atoms with Crippen LogP contribution < -0.4 is 4.74 Å². The Morgan fingerprint density at radius 1 is 1.25 bits per heavy atom. The SMILES string of the molecule is COc1ccc(S(=O)(=O)N2CCOCC2)cc1C(=O)N(Cc1cccs1)CC1CCCO1. The maximum absolute atomic E-state index is 13.7. The number of rotatable bonds is 8. The first kappa shape index (κ1) is 23.2. The Labute approximate surface area is 192 Å². The molecule has 0 aliphatic carbocycles. The summed E-state index contributed by atoms with van der Waals surface area (Å²) in [5.41, 5.74) is 0.233. The van der Waals surface area contributed by atoms with Gasteiger partial charge in [0.05, 0.1) is 43.4 Å². The van der Waals surface area contributed by atoms with E-state index in [4.69, 9.17) is 14.2 Å². The fraction of sp³-hybridized carbons (Fsp3) is 0.500. The van der Waals surface area contributed by atoms with Gasteiger partial charge in [0.25, 0.3) is 5.91 Å². The van der Waals surface area contributed by atoms with Crippen LogP contribution >= 0.6 is 11.3 Å². The van der Waals surface area contributed by atoms with Gasteiger partial charge in [-0.05, 0) is 42.5 Å². The summed E-state index contributed by atoms with van der Waals surface area (Å²) in [5.74, 6) is 0.0734. The maximum atomic E-state index is 13.7. The van der Waals surface area contributed by atoms with Gasteiger partial charge in [-0.3, -0.25) is 4.79 Å². The Balaban J connectivity index is 1.65. The van der Waals surface area contributed by atoms with E-state index in [1.807, 2.05) is 17.5 Å². The van der Waals surface area contributed by atoms with Crippen molar-refractivity contribution >= 4 is 27.3 Å². The van der Waals surface area contributed by atoms with Crippen LogP contribution in [-0.2, 0) is 26.0 Å². The lowest BCUT2D eigenvalue weighted by Crippen LogP contribution is -2.40. The van der Waals surface area contributed by atoms with Crippen LogP contribution in [0.25, 0.3) is 0 Å². The van der Waals surface area contributed by atoms with E-state index < -0.39 is 10.0 Å². The number of methoxy groups -OCH3 is 1. The van der Waals surface area contributed by atoms with Crippen LogP contribution in [0.5, 0.6) is 5.75 Å². The fourth-order valence-corrected chi connectivity index (χ4v) is 6.12. The van der Waals surface area contributed by atoms with Crippen LogP contribution in [0.3, 0.4) is 0 Å². The van der Waals surface area contributed by atoms with Crippen molar-refractivity contribution in [2.75, 3.05) is 46.6 Å². The zero-order valence-corrected chi connectivity index (χ0v) is 19.7. The summed E-state index contributed by atoms with van der Waals surface area (Å²) in [7, 11) is -2.26. The Morgan fingerprint density at radius 2 is 2.06 bits per heavy atom. The van der Waals surface area contributed by atoms with Crippen molar-refractivity contribution in [2.24, 2.45) is 0 Å². The number of benzene rings is 1. The highest BCUT2D eigenvalue weighted by Gasteiger charge is 2.30. The van der Waals surface area contributed by atoms with E-state index in [0.717, 1.165) is 17.7 Å². The van der Waals surface area contributed by atoms with Crippen molar-refractivity contribution in [2.45, 2.75) is 30.4 Å². The summed E-state index contributed by atoms with van der Waals surface area (Å²) < 4.78 is 44.2. The van der Waals surface area contributed by atoms with Crippen molar-refractivity contribution in [3.63, 3.8) is 0 Å². The van der Waals surface area contributed by atoms with Crippen LogP contribution in [0.15, 0.2) is 40.6 Å². The Hall–Kier alpha value is -1.98. The smallest absolute Gasteiger partial charge is 0.258 e. The third kappa shape index (κ3) is 5.15. The number of nitrogens with zero attached hydrogens (tertiary/aromatic N) is 2. The molecule has 0 saturated carbocycles. The zero-order chi connectivity index (χ0) is 22.6. The van der Waals surface area contributed by atoms with Gasteiger partial charge in [0.15, 0.2) is 0 Å². The summed E-state index contributed by atoms with van der Waals surface area (Å²) in [6.45, 7) is 2.87. The first-order valence-corrected chi connectivity index (χ1v) is 13.0. The number of sulfonamides is 1. The normalized spacial score (nSPS) is 19.7. The van der Waals surface area contributed by atoms with Gasteiger partial charge >= 0.3 is 0 Å². The van der Waals surface area contributed by atoms with Crippen LogP contribution in [-0.4, -0.2) is 76.2 Å². The van der Waals surface area contributed by atoms with E-state index in [1.165, 1.54) is 23.5 Å². The van der Waals surface area contributed by atoms with Crippen LogP contribution in [0.2, 0.25) is 0 Å². The van der Waals surface area contributed by atoms with Crippen molar-refractivity contribution < 1.29 is 27.4 Å². The highest BCUT2D eigenvalue weighted by Crippen LogP contribution is 2.28. The third-order valence-electron chi connectivity index (χ3n) is 5.67. The summed E-state index contributed by atoms with van der Waals surface area (Å²) >= 11 is 1.58. The van der Waals surface area contributed by atoms with Gasteiger partial charge in [0.1, 0.15) is 5.75 Å². The predicted octanol–water partition coefficient (Wildman–Crippen LogP) is 2.60. The number of hydrogen-bond acceptors (Lipinski definition) is 7. The standard InChI is InChI=1S/C22H28N2O6S2/c1-28-21-7-6-19(32(26,27)24-8-11-29-12-9-24)14-20(21)22(25)23(15-17-4-2-10-30-17)16-18-5-3-13-31-18/h3,5-7,13-14,17H,2,4,8-12,15-16H2,1H3. The summed E-state index contributed by atoms with van der Waals surface area (Å²) in [6.07, 6.45) is 1.85. The van der Waals surface area contributed by atoms with Gasteiger partial charge in [0.2, 0.25) is 10.0 Å². The number of morpholine rings is 1. The van der Waals surface area contributed by atoms with Crippen molar-refractivity contribution in [3.05, 3.63) is 46.2 Å². The minimum absolute atomic E-state index is 0.0230. The van der Waals surface area contributed by atoms with Gasteiger partial charge in [-0.15, -0.1) is 11.3 Å². The van der Waals surface area contributed by atoms with Gasteiger partial charge in [-0.1, -0.05) is 6.07 Å². The van der Waals surface area contributed by atoms with E-state index in [1.54, 1.807) is 22.3 Å². The average molecular weight is 481 g/mol. The molecule has 32 heavy (non-hydrogen) atoms. The Morgan fingerprint density at radius 3 is 2.72 bits per heavy atom. The Bertz CT molecular complexity index is 1010. The summed E-state index contributed by atoms with van der Waals surface area (Å²) in [4.78, 5) is 16.5. The number of hydrogen-bond donors (Lipinski definition) is 0. The van der Waals surface area contributed by atoms with E-state index in [9.17, 15) is 13.2 Å². The molecule has 2 aromatic rings. The number of amides is 1. The van der Waals surface area contributed by atoms with Gasteiger partial charge < -0.3 is 19.1 Å².